The maximum absolute atomic E-state index is 10.7. The van der Waals surface area contributed by atoms with Gasteiger partial charge in [0.1, 0.15) is 5.52 Å². The van der Waals surface area contributed by atoms with E-state index in [0.29, 0.717) is 11.2 Å². The van der Waals surface area contributed by atoms with Crippen molar-refractivity contribution in [3.8, 4) is 0 Å². The molecule has 0 bridgehead atoms. The Morgan fingerprint density at radius 1 is 1.62 bits per heavy atom. The molecular weight excluding hydrogens is 172 g/mol. The second-order valence-electron chi connectivity index (χ2n) is 2.62. The van der Waals surface area contributed by atoms with Gasteiger partial charge in [-0.25, -0.2) is 14.8 Å². The summed E-state index contributed by atoms with van der Waals surface area (Å²) in [5.74, 6) is -1.11. The van der Waals surface area contributed by atoms with Crippen molar-refractivity contribution in [1.82, 2.24) is 9.97 Å². The Bertz CT molecular complexity index is 475. The van der Waals surface area contributed by atoms with Crippen LogP contribution in [0.2, 0.25) is 0 Å². The molecule has 0 atom stereocenters. The Kier molecular flexibility index (Phi) is 1.51. The molecule has 0 amide bonds. The van der Waals surface area contributed by atoms with Crippen molar-refractivity contribution in [2.45, 2.75) is 6.92 Å². The van der Waals surface area contributed by atoms with Gasteiger partial charge in [-0.05, 0) is 13.0 Å². The van der Waals surface area contributed by atoms with Gasteiger partial charge in [0.2, 0.25) is 0 Å². The minimum atomic E-state index is -1.11. The van der Waals surface area contributed by atoms with Gasteiger partial charge in [-0.1, -0.05) is 0 Å². The highest BCUT2D eigenvalue weighted by Crippen LogP contribution is 2.16. The molecule has 2 heterocycles. The Labute approximate surface area is 73.0 Å². The van der Waals surface area contributed by atoms with Gasteiger partial charge in [0, 0.05) is 5.69 Å². The molecule has 0 aliphatic carbocycles. The predicted octanol–water partition coefficient (Wildman–Crippen LogP) is 1.23. The largest absolute Gasteiger partial charge is 0.476 e. The van der Waals surface area contributed by atoms with E-state index in [9.17, 15) is 4.79 Å². The van der Waals surface area contributed by atoms with Crippen molar-refractivity contribution in [2.75, 3.05) is 0 Å². The zero-order valence-electron chi connectivity index (χ0n) is 6.81. The number of aryl methyl sites for hydroxylation is 1. The highest BCUT2D eigenvalue weighted by molar-refractivity contribution is 5.97. The molecule has 0 radical (unpaired) electrons. The van der Waals surface area contributed by atoms with Gasteiger partial charge in [0.15, 0.2) is 17.7 Å². The van der Waals surface area contributed by atoms with E-state index in [4.69, 9.17) is 9.52 Å². The molecule has 1 N–H and O–H groups in total. The first-order chi connectivity index (χ1) is 6.18. The third kappa shape index (κ3) is 1.14. The van der Waals surface area contributed by atoms with Gasteiger partial charge in [-0.3, -0.25) is 0 Å². The zero-order chi connectivity index (χ0) is 9.42. The zero-order valence-corrected chi connectivity index (χ0v) is 6.81. The molecule has 0 aliphatic heterocycles. The van der Waals surface area contributed by atoms with E-state index in [1.54, 1.807) is 13.0 Å². The molecule has 2 rings (SSSR count). The molecule has 2 aromatic heterocycles. The number of oxazole rings is 1. The van der Waals surface area contributed by atoms with Crippen LogP contribution in [0.4, 0.5) is 0 Å². The molecule has 66 valence electrons. The van der Waals surface area contributed by atoms with E-state index in [0.717, 1.165) is 0 Å². The summed E-state index contributed by atoms with van der Waals surface area (Å²) in [7, 11) is 0. The average Bonchev–Trinajstić information content (AvgIpc) is 2.49. The van der Waals surface area contributed by atoms with E-state index >= 15 is 0 Å². The van der Waals surface area contributed by atoms with Crippen LogP contribution in [0.15, 0.2) is 16.9 Å². The molecule has 0 aliphatic rings. The van der Waals surface area contributed by atoms with E-state index in [1.165, 1.54) is 6.39 Å². The normalized spacial score (nSPS) is 10.5. The summed E-state index contributed by atoms with van der Waals surface area (Å²) in [6.45, 7) is 1.71. The monoisotopic (exact) mass is 178 g/mol. The lowest BCUT2D eigenvalue weighted by Gasteiger charge is -1.95. The van der Waals surface area contributed by atoms with Crippen LogP contribution in [0, 0.1) is 6.92 Å². The molecule has 2 aromatic rings. The molecule has 0 fully saturated rings. The van der Waals surface area contributed by atoms with Crippen molar-refractivity contribution in [3.05, 3.63) is 23.8 Å². The molecule has 0 aromatic carbocycles. The maximum atomic E-state index is 10.7. The lowest BCUT2D eigenvalue weighted by molar-refractivity contribution is 0.0691. The van der Waals surface area contributed by atoms with Crippen molar-refractivity contribution in [1.29, 1.82) is 0 Å². The Hall–Kier alpha value is -1.91. The van der Waals surface area contributed by atoms with Crippen LogP contribution in [0.3, 0.4) is 0 Å². The van der Waals surface area contributed by atoms with Crippen LogP contribution in [0.25, 0.3) is 11.1 Å². The number of carboxylic acids is 1. The molecule has 0 saturated heterocycles. The van der Waals surface area contributed by atoms with Crippen molar-refractivity contribution < 1.29 is 14.3 Å². The number of carboxylic acid groups (broad SMARTS) is 1. The second-order valence-corrected chi connectivity index (χ2v) is 2.62. The lowest BCUT2D eigenvalue weighted by Crippen LogP contribution is -2.01. The SMILES string of the molecule is Cc1cc2ncoc2c(C(=O)O)n1. The van der Waals surface area contributed by atoms with Gasteiger partial charge in [-0.15, -0.1) is 0 Å². The Balaban J connectivity index is 2.84. The fraction of sp³-hybridized carbons (Fsp3) is 0.125. The fourth-order valence-electron chi connectivity index (χ4n) is 1.14. The molecular formula is C8H6N2O3. The molecule has 0 spiro atoms. The van der Waals surface area contributed by atoms with Gasteiger partial charge in [-0.2, -0.15) is 0 Å². The van der Waals surface area contributed by atoms with E-state index in [1.807, 2.05) is 0 Å². The number of pyridine rings is 1. The average molecular weight is 178 g/mol. The Morgan fingerprint density at radius 2 is 2.38 bits per heavy atom. The van der Waals surface area contributed by atoms with Crippen molar-refractivity contribution in [3.63, 3.8) is 0 Å². The molecule has 0 saturated carbocycles. The quantitative estimate of drug-likeness (QED) is 0.710. The van der Waals surface area contributed by atoms with Crippen LogP contribution in [0.5, 0.6) is 0 Å². The fourth-order valence-corrected chi connectivity index (χ4v) is 1.14. The highest BCUT2D eigenvalue weighted by atomic mass is 16.4. The Morgan fingerprint density at radius 3 is 3.08 bits per heavy atom. The molecule has 5 heteroatoms. The van der Waals surface area contributed by atoms with Crippen LogP contribution in [-0.4, -0.2) is 21.0 Å². The first-order valence-corrected chi connectivity index (χ1v) is 3.62. The topological polar surface area (TPSA) is 76.2 Å². The first kappa shape index (κ1) is 7.72. The van der Waals surface area contributed by atoms with Gasteiger partial charge in [0.25, 0.3) is 0 Å². The number of rotatable bonds is 1. The van der Waals surface area contributed by atoms with Crippen LogP contribution in [0.1, 0.15) is 16.2 Å². The van der Waals surface area contributed by atoms with Crippen molar-refractivity contribution >= 4 is 17.1 Å². The third-order valence-electron chi connectivity index (χ3n) is 1.65. The summed E-state index contributed by atoms with van der Waals surface area (Å²) >= 11 is 0. The number of aromatic carboxylic acids is 1. The van der Waals surface area contributed by atoms with E-state index in [-0.39, 0.29) is 11.3 Å². The third-order valence-corrected chi connectivity index (χ3v) is 1.65. The van der Waals surface area contributed by atoms with Crippen LogP contribution < -0.4 is 0 Å². The summed E-state index contributed by atoms with van der Waals surface area (Å²) in [5.41, 5.74) is 1.26. The highest BCUT2D eigenvalue weighted by Gasteiger charge is 2.14. The lowest BCUT2D eigenvalue weighted by atomic mass is 10.3. The van der Waals surface area contributed by atoms with Crippen molar-refractivity contribution in [2.24, 2.45) is 0 Å². The number of carbonyl (C=O) groups is 1. The summed E-state index contributed by atoms with van der Waals surface area (Å²) < 4.78 is 4.91. The first-order valence-electron chi connectivity index (χ1n) is 3.62. The molecule has 13 heavy (non-hydrogen) atoms. The molecule has 0 unspecified atom stereocenters. The van der Waals surface area contributed by atoms with Crippen LogP contribution in [-0.2, 0) is 0 Å². The smallest absolute Gasteiger partial charge is 0.358 e. The van der Waals surface area contributed by atoms with E-state index < -0.39 is 5.97 Å². The minimum Gasteiger partial charge on any atom is -0.476 e. The second kappa shape index (κ2) is 2.55. The predicted molar refractivity (Wildman–Crippen MR) is 43.5 cm³/mol. The number of fused-ring (bicyclic) bond motifs is 1. The summed E-state index contributed by atoms with van der Waals surface area (Å²) in [5, 5.41) is 8.78. The van der Waals surface area contributed by atoms with E-state index in [2.05, 4.69) is 9.97 Å². The summed E-state index contributed by atoms with van der Waals surface area (Å²) in [6, 6.07) is 1.67. The molecule has 5 nitrogen and oxygen atoms in total. The van der Waals surface area contributed by atoms with Gasteiger partial charge in [0.05, 0.1) is 0 Å². The number of hydrogen-bond donors (Lipinski definition) is 1. The summed E-state index contributed by atoms with van der Waals surface area (Å²) in [4.78, 5) is 18.4. The minimum absolute atomic E-state index is 0.0903. The number of hydrogen-bond acceptors (Lipinski definition) is 4. The number of aromatic nitrogens is 2. The summed E-state index contributed by atoms with van der Waals surface area (Å²) in [6.07, 6.45) is 1.21. The van der Waals surface area contributed by atoms with Crippen LogP contribution >= 0.6 is 0 Å². The van der Waals surface area contributed by atoms with Gasteiger partial charge >= 0.3 is 5.97 Å². The number of nitrogens with zero attached hydrogens (tertiary/aromatic N) is 2. The maximum Gasteiger partial charge on any atom is 0.358 e. The van der Waals surface area contributed by atoms with Gasteiger partial charge < -0.3 is 9.52 Å². The standard InChI is InChI=1S/C8H6N2O3/c1-4-2-5-7(13-3-9-5)6(10-4)8(11)12/h2-3H,1H3,(H,11,12).